The largest absolute Gasteiger partial charge is 0.492 e. The van der Waals surface area contributed by atoms with Gasteiger partial charge in [-0.3, -0.25) is 5.10 Å². The van der Waals surface area contributed by atoms with Gasteiger partial charge in [0, 0.05) is 5.56 Å². The topological polar surface area (TPSA) is 37.9 Å². The molecule has 0 saturated carbocycles. The number of aromatic amines is 1. The second kappa shape index (κ2) is 4.12. The first-order valence-electron chi connectivity index (χ1n) is 4.79. The third-order valence-corrected chi connectivity index (χ3v) is 2.26. The molecule has 0 amide bonds. The highest BCUT2D eigenvalue weighted by Gasteiger charge is 2.38. The number of methoxy groups -OCH3 is 1. The molecule has 2 rings (SSSR count). The summed E-state index contributed by atoms with van der Waals surface area (Å²) in [4.78, 5) is 0. The number of aromatic nitrogens is 2. The molecule has 0 bridgehead atoms. The Morgan fingerprint density at radius 2 is 1.82 bits per heavy atom. The number of nitrogens with zero attached hydrogens (tertiary/aromatic N) is 1. The van der Waals surface area contributed by atoms with Crippen LogP contribution in [0.1, 0.15) is 5.69 Å². The minimum atomic E-state index is -4.51. The molecule has 17 heavy (non-hydrogen) atoms. The zero-order chi connectivity index (χ0) is 12.5. The van der Waals surface area contributed by atoms with Crippen molar-refractivity contribution in [3.05, 3.63) is 36.0 Å². The molecule has 1 aromatic heterocycles. The summed E-state index contributed by atoms with van der Waals surface area (Å²) in [6, 6.07) is 8.54. The van der Waals surface area contributed by atoms with Crippen LogP contribution in [-0.2, 0) is 6.18 Å². The molecule has 6 heteroatoms. The van der Waals surface area contributed by atoms with Crippen LogP contribution in [0.25, 0.3) is 11.3 Å². The van der Waals surface area contributed by atoms with Crippen molar-refractivity contribution in [1.82, 2.24) is 10.2 Å². The number of ether oxygens (including phenoxy) is 1. The van der Waals surface area contributed by atoms with E-state index in [4.69, 9.17) is 4.74 Å². The van der Waals surface area contributed by atoms with E-state index in [2.05, 4.69) is 5.10 Å². The summed E-state index contributed by atoms with van der Waals surface area (Å²) in [5.74, 6) is -0.288. The molecule has 0 atom stereocenters. The van der Waals surface area contributed by atoms with Crippen molar-refractivity contribution in [3.63, 3.8) is 0 Å². The second-order valence-electron chi connectivity index (χ2n) is 3.34. The SMILES string of the molecule is COc1c(-c2ccccc2)n[nH]c1C(F)(F)F. The smallest absolute Gasteiger partial charge is 0.436 e. The van der Waals surface area contributed by atoms with Crippen molar-refractivity contribution in [1.29, 1.82) is 0 Å². The van der Waals surface area contributed by atoms with Crippen LogP contribution in [-0.4, -0.2) is 17.3 Å². The number of halogens is 3. The van der Waals surface area contributed by atoms with E-state index >= 15 is 0 Å². The van der Waals surface area contributed by atoms with Gasteiger partial charge < -0.3 is 4.74 Å². The molecule has 0 aliphatic rings. The van der Waals surface area contributed by atoms with Gasteiger partial charge in [-0.2, -0.15) is 18.3 Å². The molecular weight excluding hydrogens is 233 g/mol. The maximum absolute atomic E-state index is 12.6. The zero-order valence-corrected chi connectivity index (χ0v) is 8.88. The Bertz CT molecular complexity index is 505. The van der Waals surface area contributed by atoms with E-state index < -0.39 is 11.9 Å². The predicted molar refractivity (Wildman–Crippen MR) is 55.6 cm³/mol. The molecule has 0 radical (unpaired) electrons. The molecule has 0 unspecified atom stereocenters. The summed E-state index contributed by atoms with van der Waals surface area (Å²) >= 11 is 0. The molecular formula is C11H9F3N2O. The van der Waals surface area contributed by atoms with Gasteiger partial charge in [-0.1, -0.05) is 30.3 Å². The summed E-state index contributed by atoms with van der Waals surface area (Å²) in [5.41, 5.74) is -0.254. The Balaban J connectivity index is 2.54. The van der Waals surface area contributed by atoms with Gasteiger partial charge in [-0.15, -0.1) is 0 Å². The Morgan fingerprint density at radius 1 is 1.18 bits per heavy atom. The van der Waals surface area contributed by atoms with Gasteiger partial charge in [-0.05, 0) is 0 Å². The van der Waals surface area contributed by atoms with Crippen LogP contribution >= 0.6 is 0 Å². The summed E-state index contributed by atoms with van der Waals surface area (Å²) in [5, 5.41) is 5.62. The Hall–Kier alpha value is -1.98. The van der Waals surface area contributed by atoms with Crippen molar-refractivity contribution in [2.45, 2.75) is 6.18 Å². The maximum atomic E-state index is 12.6. The quantitative estimate of drug-likeness (QED) is 0.878. The van der Waals surface area contributed by atoms with Crippen LogP contribution in [0.5, 0.6) is 5.75 Å². The molecule has 0 spiro atoms. The summed E-state index contributed by atoms with van der Waals surface area (Å²) in [7, 11) is 1.19. The first kappa shape index (κ1) is 11.5. The van der Waals surface area contributed by atoms with Gasteiger partial charge in [0.05, 0.1) is 7.11 Å². The monoisotopic (exact) mass is 242 g/mol. The first-order valence-corrected chi connectivity index (χ1v) is 4.79. The zero-order valence-electron chi connectivity index (χ0n) is 8.88. The van der Waals surface area contributed by atoms with Crippen molar-refractivity contribution < 1.29 is 17.9 Å². The molecule has 3 nitrogen and oxygen atoms in total. The minimum absolute atomic E-state index is 0.153. The van der Waals surface area contributed by atoms with E-state index in [1.54, 1.807) is 30.3 Å². The molecule has 90 valence electrons. The lowest BCUT2D eigenvalue weighted by Gasteiger charge is -2.06. The number of hydrogen-bond acceptors (Lipinski definition) is 2. The van der Waals surface area contributed by atoms with Crippen LogP contribution in [0.2, 0.25) is 0 Å². The minimum Gasteiger partial charge on any atom is -0.492 e. The van der Waals surface area contributed by atoms with E-state index in [0.29, 0.717) is 5.56 Å². The summed E-state index contributed by atoms with van der Waals surface area (Å²) in [6.07, 6.45) is -4.51. The fourth-order valence-electron chi connectivity index (χ4n) is 1.51. The van der Waals surface area contributed by atoms with Crippen LogP contribution in [0.3, 0.4) is 0 Å². The Labute approximate surface area is 95.2 Å². The number of nitrogens with one attached hydrogen (secondary N) is 1. The standard InChI is InChI=1S/C11H9F3N2O/c1-17-9-8(7-5-3-2-4-6-7)15-16-10(9)11(12,13)14/h2-6H,1H3,(H,15,16). The fourth-order valence-corrected chi connectivity index (χ4v) is 1.51. The van der Waals surface area contributed by atoms with Gasteiger partial charge in [0.25, 0.3) is 0 Å². The van der Waals surface area contributed by atoms with E-state index in [1.807, 2.05) is 5.10 Å². The Morgan fingerprint density at radius 3 is 2.35 bits per heavy atom. The normalized spacial score (nSPS) is 11.5. The average molecular weight is 242 g/mol. The predicted octanol–water partition coefficient (Wildman–Crippen LogP) is 3.10. The van der Waals surface area contributed by atoms with Crippen LogP contribution < -0.4 is 4.74 Å². The van der Waals surface area contributed by atoms with Crippen LogP contribution in [0.4, 0.5) is 13.2 Å². The number of hydrogen-bond donors (Lipinski definition) is 1. The molecule has 1 heterocycles. The molecule has 0 saturated heterocycles. The molecule has 0 aliphatic carbocycles. The van der Waals surface area contributed by atoms with Gasteiger partial charge in [0.15, 0.2) is 11.4 Å². The van der Waals surface area contributed by atoms with E-state index in [-0.39, 0.29) is 11.4 Å². The molecule has 1 aromatic carbocycles. The fraction of sp³-hybridized carbons (Fsp3) is 0.182. The Kier molecular flexibility index (Phi) is 2.79. The third-order valence-electron chi connectivity index (χ3n) is 2.26. The lowest BCUT2D eigenvalue weighted by atomic mass is 10.1. The number of alkyl halides is 3. The van der Waals surface area contributed by atoms with Gasteiger partial charge in [0.1, 0.15) is 5.69 Å². The van der Waals surface area contributed by atoms with Gasteiger partial charge in [-0.25, -0.2) is 0 Å². The highest BCUT2D eigenvalue weighted by atomic mass is 19.4. The molecule has 0 aliphatic heterocycles. The lowest BCUT2D eigenvalue weighted by Crippen LogP contribution is -2.07. The van der Waals surface area contributed by atoms with E-state index in [1.165, 1.54) is 7.11 Å². The maximum Gasteiger partial charge on any atom is 0.436 e. The van der Waals surface area contributed by atoms with E-state index in [9.17, 15) is 13.2 Å². The van der Waals surface area contributed by atoms with Crippen molar-refractivity contribution in [2.75, 3.05) is 7.11 Å². The highest BCUT2D eigenvalue weighted by molar-refractivity contribution is 5.67. The van der Waals surface area contributed by atoms with Gasteiger partial charge >= 0.3 is 6.18 Å². The summed E-state index contributed by atoms with van der Waals surface area (Å²) < 4.78 is 42.6. The van der Waals surface area contributed by atoms with Crippen molar-refractivity contribution >= 4 is 0 Å². The lowest BCUT2D eigenvalue weighted by molar-refractivity contribution is -0.142. The van der Waals surface area contributed by atoms with Crippen LogP contribution in [0.15, 0.2) is 30.3 Å². The number of benzene rings is 1. The van der Waals surface area contributed by atoms with Crippen LogP contribution in [0, 0.1) is 0 Å². The second-order valence-corrected chi connectivity index (χ2v) is 3.34. The van der Waals surface area contributed by atoms with Crippen molar-refractivity contribution in [3.8, 4) is 17.0 Å². The number of rotatable bonds is 2. The highest BCUT2D eigenvalue weighted by Crippen LogP contribution is 2.39. The number of H-pyrrole nitrogens is 1. The summed E-state index contributed by atoms with van der Waals surface area (Å²) in [6.45, 7) is 0. The molecule has 0 fully saturated rings. The van der Waals surface area contributed by atoms with Gasteiger partial charge in [0.2, 0.25) is 0 Å². The average Bonchev–Trinajstić information content (AvgIpc) is 2.73. The van der Waals surface area contributed by atoms with E-state index in [0.717, 1.165) is 0 Å². The molecule has 2 aromatic rings. The third kappa shape index (κ3) is 2.11. The molecule has 1 N–H and O–H groups in total. The van der Waals surface area contributed by atoms with Crippen molar-refractivity contribution in [2.24, 2.45) is 0 Å². The first-order chi connectivity index (χ1) is 8.04.